The zero-order chi connectivity index (χ0) is 18.4. The van der Waals surface area contributed by atoms with Crippen LogP contribution in [-0.4, -0.2) is 37.6 Å². The number of pyridine rings is 1. The van der Waals surface area contributed by atoms with Crippen molar-refractivity contribution in [2.45, 2.75) is 12.8 Å². The molecule has 1 fully saturated rings. The van der Waals surface area contributed by atoms with Crippen LogP contribution in [0.2, 0.25) is 0 Å². The molecule has 1 N–H and O–H groups in total. The first kappa shape index (κ1) is 17.7. The predicted octanol–water partition coefficient (Wildman–Crippen LogP) is 2.61. The highest BCUT2D eigenvalue weighted by Gasteiger charge is 2.22. The maximum atomic E-state index is 12.4. The first-order valence-electron chi connectivity index (χ1n) is 8.74. The molecule has 1 aromatic heterocycles. The molecule has 1 aromatic carbocycles. The Labute approximate surface area is 153 Å². The number of nitriles is 1. The van der Waals surface area contributed by atoms with Crippen LogP contribution in [-0.2, 0) is 0 Å². The Morgan fingerprint density at radius 1 is 1.31 bits per heavy atom. The number of nitrogens with one attached hydrogen (secondary N) is 1. The van der Waals surface area contributed by atoms with E-state index in [2.05, 4.69) is 21.3 Å². The molecule has 2 heterocycles. The number of hydrogen-bond acceptors (Lipinski definition) is 5. The molecule has 1 aliphatic heterocycles. The maximum absolute atomic E-state index is 12.4. The molecule has 134 valence electrons. The molecule has 0 unspecified atom stereocenters. The molecule has 0 bridgehead atoms. The van der Waals surface area contributed by atoms with Gasteiger partial charge in [-0.2, -0.15) is 5.26 Å². The van der Waals surface area contributed by atoms with Gasteiger partial charge in [0.15, 0.2) is 0 Å². The molecule has 0 radical (unpaired) electrons. The Morgan fingerprint density at radius 2 is 2.08 bits per heavy atom. The lowest BCUT2D eigenvalue weighted by Crippen LogP contribution is -2.39. The van der Waals surface area contributed by atoms with E-state index >= 15 is 0 Å². The van der Waals surface area contributed by atoms with E-state index in [0.717, 1.165) is 31.7 Å². The number of nitrogens with zero attached hydrogens (tertiary/aromatic N) is 3. The average Bonchev–Trinajstić information content (AvgIpc) is 2.72. The molecule has 1 aliphatic rings. The number of aromatic nitrogens is 1. The molecule has 6 heteroatoms. The Morgan fingerprint density at radius 3 is 2.81 bits per heavy atom. The molecule has 2 aromatic rings. The van der Waals surface area contributed by atoms with Crippen LogP contribution >= 0.6 is 0 Å². The third-order valence-electron chi connectivity index (χ3n) is 4.72. The summed E-state index contributed by atoms with van der Waals surface area (Å²) in [6.45, 7) is 2.31. The Kier molecular flexibility index (Phi) is 5.69. The highest BCUT2D eigenvalue weighted by molar-refractivity contribution is 5.96. The van der Waals surface area contributed by atoms with Crippen LogP contribution in [0.3, 0.4) is 0 Å². The fourth-order valence-corrected chi connectivity index (χ4v) is 3.25. The highest BCUT2D eigenvalue weighted by atomic mass is 16.5. The van der Waals surface area contributed by atoms with Crippen molar-refractivity contribution in [2.24, 2.45) is 5.92 Å². The van der Waals surface area contributed by atoms with Gasteiger partial charge in [0.05, 0.1) is 18.2 Å². The molecular formula is C20H22N4O2. The number of piperidine rings is 1. The van der Waals surface area contributed by atoms with E-state index in [1.54, 1.807) is 37.6 Å². The first-order valence-corrected chi connectivity index (χ1v) is 8.74. The van der Waals surface area contributed by atoms with Gasteiger partial charge < -0.3 is 15.0 Å². The van der Waals surface area contributed by atoms with Crippen molar-refractivity contribution >= 4 is 11.7 Å². The Bertz CT molecular complexity index is 807. The fourth-order valence-electron chi connectivity index (χ4n) is 3.25. The van der Waals surface area contributed by atoms with Gasteiger partial charge >= 0.3 is 0 Å². The standard InChI is InChI=1S/C20H22N4O2/c1-26-18-7-3-2-6-17(18)20(25)23-14-15-8-11-24(12-9-15)19-16(13-21)5-4-10-22-19/h2-7,10,15H,8-9,11-12,14H2,1H3,(H,23,25). The number of benzene rings is 1. The van der Waals surface area contributed by atoms with Gasteiger partial charge in [-0.1, -0.05) is 12.1 Å². The molecule has 26 heavy (non-hydrogen) atoms. The Hall–Kier alpha value is -3.07. The minimum absolute atomic E-state index is 0.110. The molecule has 1 amide bonds. The van der Waals surface area contributed by atoms with Crippen molar-refractivity contribution < 1.29 is 9.53 Å². The van der Waals surface area contributed by atoms with Gasteiger partial charge in [0.25, 0.3) is 5.91 Å². The van der Waals surface area contributed by atoms with Crippen LogP contribution in [0.1, 0.15) is 28.8 Å². The SMILES string of the molecule is COc1ccccc1C(=O)NCC1CCN(c2ncccc2C#N)CC1. The van der Waals surface area contributed by atoms with Crippen molar-refractivity contribution in [1.82, 2.24) is 10.3 Å². The van der Waals surface area contributed by atoms with Crippen LogP contribution in [0.25, 0.3) is 0 Å². The number of rotatable bonds is 5. The maximum Gasteiger partial charge on any atom is 0.255 e. The van der Waals surface area contributed by atoms with Gasteiger partial charge in [0.2, 0.25) is 0 Å². The monoisotopic (exact) mass is 350 g/mol. The number of para-hydroxylation sites is 1. The summed E-state index contributed by atoms with van der Waals surface area (Å²) in [5.41, 5.74) is 1.16. The number of hydrogen-bond donors (Lipinski definition) is 1. The fraction of sp³-hybridized carbons (Fsp3) is 0.350. The van der Waals surface area contributed by atoms with E-state index in [9.17, 15) is 10.1 Å². The summed E-state index contributed by atoms with van der Waals surface area (Å²) in [4.78, 5) is 18.9. The number of carbonyl (C=O) groups excluding carboxylic acids is 1. The normalized spacial score (nSPS) is 14.5. The molecule has 0 spiro atoms. The predicted molar refractivity (Wildman–Crippen MR) is 99.2 cm³/mol. The number of methoxy groups -OCH3 is 1. The number of amides is 1. The van der Waals surface area contributed by atoms with E-state index in [0.29, 0.717) is 29.3 Å². The second-order valence-electron chi connectivity index (χ2n) is 6.33. The zero-order valence-corrected chi connectivity index (χ0v) is 14.8. The van der Waals surface area contributed by atoms with Crippen LogP contribution in [0.4, 0.5) is 5.82 Å². The van der Waals surface area contributed by atoms with Crippen LogP contribution < -0.4 is 15.0 Å². The summed E-state index contributed by atoms with van der Waals surface area (Å²) in [5, 5.41) is 12.2. The number of carbonyl (C=O) groups is 1. The number of anilines is 1. The Balaban J connectivity index is 1.53. The third-order valence-corrected chi connectivity index (χ3v) is 4.72. The van der Waals surface area contributed by atoms with E-state index < -0.39 is 0 Å². The minimum Gasteiger partial charge on any atom is -0.496 e. The van der Waals surface area contributed by atoms with Crippen molar-refractivity contribution in [2.75, 3.05) is 31.6 Å². The van der Waals surface area contributed by atoms with Gasteiger partial charge in [-0.25, -0.2) is 4.98 Å². The van der Waals surface area contributed by atoms with Crippen LogP contribution in [0, 0.1) is 17.2 Å². The first-order chi connectivity index (χ1) is 12.7. The summed E-state index contributed by atoms with van der Waals surface area (Å²) in [7, 11) is 1.56. The summed E-state index contributed by atoms with van der Waals surface area (Å²) in [6, 6.07) is 13.0. The lowest BCUT2D eigenvalue weighted by molar-refractivity contribution is 0.0942. The second-order valence-corrected chi connectivity index (χ2v) is 6.33. The molecule has 0 saturated carbocycles. The van der Waals surface area contributed by atoms with Gasteiger partial charge in [-0.15, -0.1) is 0 Å². The molecule has 1 saturated heterocycles. The highest BCUT2D eigenvalue weighted by Crippen LogP contribution is 2.24. The number of ether oxygens (including phenoxy) is 1. The van der Waals surface area contributed by atoms with Crippen LogP contribution in [0.15, 0.2) is 42.6 Å². The molecule has 6 nitrogen and oxygen atoms in total. The quantitative estimate of drug-likeness (QED) is 0.897. The largest absolute Gasteiger partial charge is 0.496 e. The van der Waals surface area contributed by atoms with Gasteiger partial charge in [-0.3, -0.25) is 4.79 Å². The second kappa shape index (κ2) is 8.34. The summed E-state index contributed by atoms with van der Waals surface area (Å²) < 4.78 is 5.24. The molecule has 0 aliphatic carbocycles. The smallest absolute Gasteiger partial charge is 0.255 e. The minimum atomic E-state index is -0.110. The molecular weight excluding hydrogens is 328 g/mol. The van der Waals surface area contributed by atoms with Crippen molar-refractivity contribution in [3.05, 3.63) is 53.7 Å². The van der Waals surface area contributed by atoms with Crippen molar-refractivity contribution in [3.8, 4) is 11.8 Å². The zero-order valence-electron chi connectivity index (χ0n) is 14.8. The topological polar surface area (TPSA) is 78.2 Å². The van der Waals surface area contributed by atoms with Crippen molar-refractivity contribution in [1.29, 1.82) is 5.26 Å². The van der Waals surface area contributed by atoms with Gasteiger partial charge in [0.1, 0.15) is 17.6 Å². The van der Waals surface area contributed by atoms with Gasteiger partial charge in [0, 0.05) is 25.8 Å². The lowest BCUT2D eigenvalue weighted by Gasteiger charge is -2.33. The summed E-state index contributed by atoms with van der Waals surface area (Å²) >= 11 is 0. The molecule has 0 atom stereocenters. The van der Waals surface area contributed by atoms with E-state index in [1.807, 2.05) is 12.1 Å². The lowest BCUT2D eigenvalue weighted by atomic mass is 9.96. The third kappa shape index (κ3) is 3.94. The molecule has 3 rings (SSSR count). The van der Waals surface area contributed by atoms with E-state index in [4.69, 9.17) is 4.74 Å². The van der Waals surface area contributed by atoms with E-state index in [1.165, 1.54) is 0 Å². The van der Waals surface area contributed by atoms with Gasteiger partial charge in [-0.05, 0) is 43.0 Å². The van der Waals surface area contributed by atoms with E-state index in [-0.39, 0.29) is 5.91 Å². The summed E-state index contributed by atoms with van der Waals surface area (Å²) in [6.07, 6.45) is 3.62. The summed E-state index contributed by atoms with van der Waals surface area (Å²) in [5.74, 6) is 1.64. The average molecular weight is 350 g/mol. The van der Waals surface area contributed by atoms with Crippen molar-refractivity contribution in [3.63, 3.8) is 0 Å². The van der Waals surface area contributed by atoms with Crippen LogP contribution in [0.5, 0.6) is 5.75 Å².